The number of carbonyl (C=O) groups is 3. The van der Waals surface area contributed by atoms with Crippen molar-refractivity contribution in [2.45, 2.75) is 19.1 Å². The lowest BCUT2D eigenvalue weighted by molar-refractivity contribution is -0.147. The van der Waals surface area contributed by atoms with E-state index in [9.17, 15) is 27.6 Å². The Morgan fingerprint density at radius 1 is 1.06 bits per heavy atom. The predicted octanol–water partition coefficient (Wildman–Crippen LogP) is 4.16. The second-order valence-electron chi connectivity index (χ2n) is 6.37. The molecule has 2 aromatic carbocycles. The molecule has 11 heteroatoms. The van der Waals surface area contributed by atoms with E-state index in [0.29, 0.717) is 15.6 Å². The number of nitrogens with one attached hydrogen (secondary N) is 2. The first-order valence-corrected chi connectivity index (χ1v) is 9.58. The minimum absolute atomic E-state index is 0.0628. The highest BCUT2D eigenvalue weighted by atomic mass is 35.5. The molecule has 0 radical (unpaired) electrons. The van der Waals surface area contributed by atoms with E-state index in [1.54, 1.807) is 19.1 Å². The third kappa shape index (κ3) is 7.45. The zero-order valence-corrected chi connectivity index (χ0v) is 17.6. The maximum atomic E-state index is 12.5. The highest BCUT2D eigenvalue weighted by Gasteiger charge is 2.30. The van der Waals surface area contributed by atoms with Crippen LogP contribution in [0.2, 0.25) is 10.0 Å². The quantitative estimate of drug-likeness (QED) is 0.587. The van der Waals surface area contributed by atoms with Crippen LogP contribution in [-0.2, 0) is 20.5 Å². The highest BCUT2D eigenvalue weighted by molar-refractivity contribution is 6.35. The third-order valence-corrected chi connectivity index (χ3v) is 4.60. The first kappa shape index (κ1) is 24.5. The van der Waals surface area contributed by atoms with E-state index in [1.807, 2.05) is 0 Å². The van der Waals surface area contributed by atoms with Crippen LogP contribution in [0.15, 0.2) is 42.5 Å². The molecular weight excluding hydrogens is 460 g/mol. The van der Waals surface area contributed by atoms with Gasteiger partial charge in [-0.3, -0.25) is 14.4 Å². The third-order valence-electron chi connectivity index (χ3n) is 4.04. The maximum Gasteiger partial charge on any atom is 0.416 e. The van der Waals surface area contributed by atoms with Crippen molar-refractivity contribution in [2.24, 2.45) is 0 Å². The summed E-state index contributed by atoms with van der Waals surface area (Å²) in [7, 11) is 0. The van der Waals surface area contributed by atoms with Gasteiger partial charge in [0.15, 0.2) is 6.61 Å². The van der Waals surface area contributed by atoms with Crippen LogP contribution in [-0.4, -0.2) is 30.9 Å². The van der Waals surface area contributed by atoms with Crippen molar-refractivity contribution in [2.75, 3.05) is 13.2 Å². The van der Waals surface area contributed by atoms with Crippen LogP contribution in [0.25, 0.3) is 0 Å². The molecule has 2 rings (SSSR count). The second-order valence-corrected chi connectivity index (χ2v) is 7.22. The molecule has 166 valence electrons. The average Bonchev–Trinajstić information content (AvgIpc) is 2.69. The Labute approximate surface area is 185 Å². The van der Waals surface area contributed by atoms with Gasteiger partial charge in [-0.15, -0.1) is 0 Å². The lowest BCUT2D eigenvalue weighted by Crippen LogP contribution is -2.34. The molecule has 0 heterocycles. The van der Waals surface area contributed by atoms with E-state index in [0.717, 1.165) is 24.3 Å². The van der Waals surface area contributed by atoms with Gasteiger partial charge in [-0.2, -0.15) is 13.2 Å². The van der Waals surface area contributed by atoms with E-state index in [-0.39, 0.29) is 5.56 Å². The number of amides is 2. The van der Waals surface area contributed by atoms with E-state index < -0.39 is 48.7 Å². The van der Waals surface area contributed by atoms with Gasteiger partial charge < -0.3 is 15.4 Å². The summed E-state index contributed by atoms with van der Waals surface area (Å²) in [4.78, 5) is 35.6. The average molecular weight is 477 g/mol. The molecular formula is C20H17Cl2F3N2O4. The van der Waals surface area contributed by atoms with Crippen LogP contribution in [0.1, 0.15) is 34.5 Å². The van der Waals surface area contributed by atoms with Crippen molar-refractivity contribution in [1.29, 1.82) is 0 Å². The fourth-order valence-electron chi connectivity index (χ4n) is 2.48. The van der Waals surface area contributed by atoms with Crippen molar-refractivity contribution < 1.29 is 32.3 Å². The van der Waals surface area contributed by atoms with E-state index in [1.165, 1.54) is 6.07 Å². The van der Waals surface area contributed by atoms with E-state index in [4.69, 9.17) is 27.9 Å². The molecule has 1 atom stereocenters. The topological polar surface area (TPSA) is 84.5 Å². The zero-order valence-electron chi connectivity index (χ0n) is 16.1. The van der Waals surface area contributed by atoms with Crippen LogP contribution in [0, 0.1) is 0 Å². The number of carbonyl (C=O) groups excluding carboxylic acids is 3. The summed E-state index contributed by atoms with van der Waals surface area (Å²) >= 11 is 11.9. The fourth-order valence-corrected chi connectivity index (χ4v) is 3.05. The minimum Gasteiger partial charge on any atom is -0.454 e. The summed E-state index contributed by atoms with van der Waals surface area (Å²) in [5, 5.41) is 5.61. The molecule has 0 aliphatic heterocycles. The Balaban J connectivity index is 1.77. The van der Waals surface area contributed by atoms with Gasteiger partial charge in [0, 0.05) is 15.6 Å². The molecule has 0 fully saturated rings. The minimum atomic E-state index is -4.52. The van der Waals surface area contributed by atoms with Gasteiger partial charge in [0.25, 0.3) is 11.8 Å². The number of hydrogen-bond acceptors (Lipinski definition) is 4. The molecule has 0 aromatic heterocycles. The van der Waals surface area contributed by atoms with Crippen molar-refractivity contribution in [3.63, 3.8) is 0 Å². The molecule has 0 saturated heterocycles. The molecule has 2 amide bonds. The second kappa shape index (κ2) is 10.5. The largest absolute Gasteiger partial charge is 0.454 e. The van der Waals surface area contributed by atoms with Gasteiger partial charge in [-0.05, 0) is 48.9 Å². The van der Waals surface area contributed by atoms with Crippen molar-refractivity contribution in [3.8, 4) is 0 Å². The monoisotopic (exact) mass is 476 g/mol. The van der Waals surface area contributed by atoms with Crippen molar-refractivity contribution >= 4 is 41.0 Å². The normalized spacial score (nSPS) is 12.1. The first-order valence-electron chi connectivity index (χ1n) is 8.82. The highest BCUT2D eigenvalue weighted by Crippen LogP contribution is 2.29. The van der Waals surface area contributed by atoms with Gasteiger partial charge in [0.05, 0.1) is 11.6 Å². The molecule has 0 aliphatic carbocycles. The van der Waals surface area contributed by atoms with Crippen LogP contribution < -0.4 is 10.6 Å². The molecule has 2 aromatic rings. The van der Waals surface area contributed by atoms with Crippen LogP contribution in [0.5, 0.6) is 0 Å². The van der Waals surface area contributed by atoms with Crippen LogP contribution in [0.3, 0.4) is 0 Å². The van der Waals surface area contributed by atoms with E-state index in [2.05, 4.69) is 10.6 Å². The summed E-state index contributed by atoms with van der Waals surface area (Å²) in [6.07, 6.45) is -4.52. The predicted molar refractivity (Wildman–Crippen MR) is 108 cm³/mol. The van der Waals surface area contributed by atoms with Gasteiger partial charge in [-0.1, -0.05) is 29.3 Å². The zero-order chi connectivity index (χ0) is 23.2. The SMILES string of the molecule is CC(NC(=O)COC(=O)CNC(=O)c1ccc(C(F)(F)F)cc1)c1ccc(Cl)cc1Cl. The van der Waals surface area contributed by atoms with E-state index >= 15 is 0 Å². The number of alkyl halides is 3. The lowest BCUT2D eigenvalue weighted by Gasteiger charge is -2.16. The summed E-state index contributed by atoms with van der Waals surface area (Å²) in [5.41, 5.74) is -0.342. The Kier molecular flexibility index (Phi) is 8.29. The number of halogens is 5. The van der Waals surface area contributed by atoms with Crippen molar-refractivity contribution in [3.05, 3.63) is 69.2 Å². The van der Waals surface area contributed by atoms with Gasteiger partial charge >= 0.3 is 12.1 Å². The lowest BCUT2D eigenvalue weighted by atomic mass is 10.1. The number of ether oxygens (including phenoxy) is 1. The standard InChI is InChI=1S/C20H17Cl2F3N2O4/c1-11(15-7-6-14(21)8-16(15)22)27-17(28)10-31-18(29)9-26-19(30)12-2-4-13(5-3-12)20(23,24)25/h2-8,11H,9-10H2,1H3,(H,26,30)(H,27,28). The molecule has 0 spiro atoms. The Morgan fingerprint density at radius 3 is 2.29 bits per heavy atom. The summed E-state index contributed by atoms with van der Waals surface area (Å²) < 4.78 is 42.4. The van der Waals surface area contributed by atoms with Gasteiger partial charge in [0.1, 0.15) is 6.54 Å². The smallest absolute Gasteiger partial charge is 0.416 e. The molecule has 31 heavy (non-hydrogen) atoms. The van der Waals surface area contributed by atoms with Crippen LogP contribution in [0.4, 0.5) is 13.2 Å². The number of benzene rings is 2. The fraction of sp³-hybridized carbons (Fsp3) is 0.250. The summed E-state index contributed by atoms with van der Waals surface area (Å²) in [6, 6.07) is 7.80. The summed E-state index contributed by atoms with van der Waals surface area (Å²) in [5.74, 6) is -2.25. The van der Waals surface area contributed by atoms with Crippen molar-refractivity contribution in [1.82, 2.24) is 10.6 Å². The molecule has 0 saturated carbocycles. The maximum absolute atomic E-state index is 12.5. The number of esters is 1. The molecule has 0 aliphatic rings. The first-order chi connectivity index (χ1) is 14.5. The Hall–Kier alpha value is -2.78. The summed E-state index contributed by atoms with van der Waals surface area (Å²) in [6.45, 7) is 0.523. The van der Waals surface area contributed by atoms with Gasteiger partial charge in [-0.25, -0.2) is 0 Å². The Morgan fingerprint density at radius 2 is 1.71 bits per heavy atom. The molecule has 2 N–H and O–H groups in total. The molecule has 6 nitrogen and oxygen atoms in total. The number of hydrogen-bond donors (Lipinski definition) is 2. The molecule has 0 bridgehead atoms. The van der Waals surface area contributed by atoms with Gasteiger partial charge in [0.2, 0.25) is 0 Å². The van der Waals surface area contributed by atoms with Crippen LogP contribution >= 0.6 is 23.2 Å². The Bertz CT molecular complexity index is 966. The molecule has 1 unspecified atom stereocenters. The number of rotatable bonds is 7.